The molecule has 0 saturated carbocycles. The molecular weight excluding hydrogens is 525 g/mol. The van der Waals surface area contributed by atoms with Crippen molar-refractivity contribution < 1.29 is 13.9 Å². The first kappa shape index (κ1) is 25.8. The largest absolute Gasteiger partial charge is 0.463 e. The van der Waals surface area contributed by atoms with Crippen LogP contribution in [0.1, 0.15) is 35.1 Å². The van der Waals surface area contributed by atoms with E-state index in [4.69, 9.17) is 16.3 Å². The van der Waals surface area contributed by atoms with Gasteiger partial charge < -0.3 is 15.0 Å². The molecule has 9 heteroatoms. The van der Waals surface area contributed by atoms with Gasteiger partial charge in [-0.25, -0.2) is 14.2 Å². The Bertz CT molecular complexity index is 1570. The van der Waals surface area contributed by atoms with Gasteiger partial charge >= 0.3 is 5.97 Å². The highest BCUT2D eigenvalue weighted by atomic mass is 35.5. The Hall–Kier alpha value is -3.88. The molecule has 1 atom stereocenters. The molecule has 2 N–H and O–H groups in total. The molecule has 6 nitrogen and oxygen atoms in total. The van der Waals surface area contributed by atoms with E-state index < -0.39 is 17.4 Å². The third-order valence-electron chi connectivity index (χ3n) is 6.11. The topological polar surface area (TPSA) is 84.1 Å². The molecule has 1 aromatic heterocycles. The zero-order chi connectivity index (χ0) is 26.6. The van der Waals surface area contributed by atoms with Crippen molar-refractivity contribution in [3.8, 4) is 0 Å². The number of benzene rings is 3. The van der Waals surface area contributed by atoms with Gasteiger partial charge in [0, 0.05) is 10.8 Å². The first-order valence-electron chi connectivity index (χ1n) is 12.0. The van der Waals surface area contributed by atoms with Crippen molar-refractivity contribution >= 4 is 40.8 Å². The fourth-order valence-electron chi connectivity index (χ4n) is 4.38. The number of esters is 1. The van der Waals surface area contributed by atoms with E-state index in [1.54, 1.807) is 49.4 Å². The minimum absolute atomic E-state index is 0.171. The highest BCUT2D eigenvalue weighted by Gasteiger charge is 2.38. The number of carbonyl (C=O) groups excluding carboxylic acids is 1. The van der Waals surface area contributed by atoms with Gasteiger partial charge in [0.2, 0.25) is 0 Å². The van der Waals surface area contributed by atoms with Crippen LogP contribution in [0.25, 0.3) is 5.70 Å². The van der Waals surface area contributed by atoms with E-state index >= 15 is 0 Å². The summed E-state index contributed by atoms with van der Waals surface area (Å²) >= 11 is 7.36. The number of ether oxygens (including phenoxy) is 1. The van der Waals surface area contributed by atoms with Crippen LogP contribution < -0.4 is 10.9 Å². The van der Waals surface area contributed by atoms with Crippen LogP contribution in [0.2, 0.25) is 5.02 Å². The lowest BCUT2D eigenvalue weighted by Crippen LogP contribution is -2.31. The van der Waals surface area contributed by atoms with Gasteiger partial charge in [-0.15, -0.1) is 0 Å². The maximum absolute atomic E-state index is 14.2. The molecule has 3 aromatic carbocycles. The second-order valence-electron chi connectivity index (χ2n) is 8.50. The van der Waals surface area contributed by atoms with Crippen LogP contribution in [0.3, 0.4) is 0 Å². The summed E-state index contributed by atoms with van der Waals surface area (Å²) in [6, 6.07) is 22.8. The second-order valence-corrected chi connectivity index (χ2v) is 9.90. The normalized spacial score (nSPS) is 14.6. The molecule has 1 unspecified atom stereocenters. The van der Waals surface area contributed by atoms with Gasteiger partial charge in [-0.1, -0.05) is 84.0 Å². The van der Waals surface area contributed by atoms with E-state index in [0.717, 1.165) is 5.56 Å². The van der Waals surface area contributed by atoms with Gasteiger partial charge in [-0.2, -0.15) is 0 Å². The molecule has 0 radical (unpaired) electrons. The molecular formula is C29H23ClFN3O3S. The average molecular weight is 548 g/mol. The standard InChI is InChI=1S/C29H23ClFN3O3S/c1-2-37-28(36)23-22(17-12-14-20(30)15-13-17)24-26(32-25(23)18-8-4-3-5-9-18)33-29(34-27(24)35)38-16-19-10-6-7-11-21(19)31/h3-15,22H,2,16H2,1H3,(H2,32,33,34,35). The van der Waals surface area contributed by atoms with Crippen LogP contribution in [-0.4, -0.2) is 22.5 Å². The fourth-order valence-corrected chi connectivity index (χ4v) is 5.35. The summed E-state index contributed by atoms with van der Waals surface area (Å²) in [5.74, 6) is -1.03. The Morgan fingerprint density at radius 2 is 1.76 bits per heavy atom. The predicted molar refractivity (Wildman–Crippen MR) is 148 cm³/mol. The van der Waals surface area contributed by atoms with E-state index in [-0.39, 0.29) is 23.7 Å². The number of hydrogen-bond acceptors (Lipinski definition) is 6. The zero-order valence-electron chi connectivity index (χ0n) is 20.3. The molecule has 0 amide bonds. The van der Waals surface area contributed by atoms with E-state index in [1.807, 2.05) is 30.3 Å². The van der Waals surface area contributed by atoms with Crippen LogP contribution in [0.4, 0.5) is 10.2 Å². The Labute approximate surface area is 227 Å². The smallest absolute Gasteiger partial charge is 0.337 e. The number of aromatic amines is 1. The third kappa shape index (κ3) is 5.23. The van der Waals surface area contributed by atoms with Crippen LogP contribution in [0, 0.1) is 5.82 Å². The van der Waals surface area contributed by atoms with Gasteiger partial charge in [0.15, 0.2) is 5.16 Å². The first-order valence-corrected chi connectivity index (χ1v) is 13.3. The molecule has 5 rings (SSSR count). The second kappa shape index (κ2) is 11.2. The summed E-state index contributed by atoms with van der Waals surface area (Å²) in [7, 11) is 0. The predicted octanol–water partition coefficient (Wildman–Crippen LogP) is 6.39. The van der Waals surface area contributed by atoms with Crippen LogP contribution in [0.5, 0.6) is 0 Å². The Morgan fingerprint density at radius 1 is 1.05 bits per heavy atom. The SMILES string of the molecule is CCOC(=O)C1=C(c2ccccc2)Nc2nc(SCc3ccccc3F)[nH]c(=O)c2C1c1ccc(Cl)cc1. The zero-order valence-corrected chi connectivity index (χ0v) is 21.9. The number of nitrogens with one attached hydrogen (secondary N) is 2. The number of fused-ring (bicyclic) bond motifs is 1. The third-order valence-corrected chi connectivity index (χ3v) is 7.28. The van der Waals surface area contributed by atoms with Gasteiger partial charge in [0.1, 0.15) is 11.6 Å². The van der Waals surface area contributed by atoms with Crippen molar-refractivity contribution in [1.82, 2.24) is 9.97 Å². The summed E-state index contributed by atoms with van der Waals surface area (Å²) in [6.07, 6.45) is 0. The number of H-pyrrole nitrogens is 1. The summed E-state index contributed by atoms with van der Waals surface area (Å²) in [5.41, 5.74) is 2.60. The van der Waals surface area contributed by atoms with Crippen molar-refractivity contribution in [3.05, 3.63) is 128 Å². The molecule has 1 aliphatic rings. The molecule has 0 bridgehead atoms. The summed E-state index contributed by atoms with van der Waals surface area (Å²) in [6.45, 7) is 1.90. The van der Waals surface area contributed by atoms with Crippen molar-refractivity contribution in [2.45, 2.75) is 23.8 Å². The molecule has 1 aliphatic heterocycles. The molecule has 0 spiro atoms. The number of hydrogen-bond donors (Lipinski definition) is 2. The van der Waals surface area contributed by atoms with E-state index in [0.29, 0.717) is 38.4 Å². The lowest BCUT2D eigenvalue weighted by atomic mass is 9.81. The summed E-state index contributed by atoms with van der Waals surface area (Å²) < 4.78 is 19.6. The number of nitrogens with zero attached hydrogens (tertiary/aromatic N) is 1. The highest BCUT2D eigenvalue weighted by Crippen LogP contribution is 2.43. The molecule has 0 aliphatic carbocycles. The van der Waals surface area contributed by atoms with Crippen molar-refractivity contribution in [2.24, 2.45) is 0 Å². The number of carbonyl (C=O) groups is 1. The van der Waals surface area contributed by atoms with E-state index in [2.05, 4.69) is 15.3 Å². The Morgan fingerprint density at radius 3 is 2.47 bits per heavy atom. The number of aromatic nitrogens is 2. The summed E-state index contributed by atoms with van der Waals surface area (Å²) in [5, 5.41) is 4.09. The average Bonchev–Trinajstić information content (AvgIpc) is 2.92. The van der Waals surface area contributed by atoms with Crippen molar-refractivity contribution in [1.29, 1.82) is 0 Å². The van der Waals surface area contributed by atoms with E-state index in [9.17, 15) is 14.0 Å². The van der Waals surface area contributed by atoms with Gasteiger partial charge in [-0.3, -0.25) is 4.79 Å². The van der Waals surface area contributed by atoms with Gasteiger partial charge in [-0.05, 0) is 41.8 Å². The first-order chi connectivity index (χ1) is 18.5. The van der Waals surface area contributed by atoms with Crippen molar-refractivity contribution in [3.63, 3.8) is 0 Å². The van der Waals surface area contributed by atoms with Gasteiger partial charge in [0.05, 0.1) is 29.4 Å². The molecule has 38 heavy (non-hydrogen) atoms. The number of anilines is 1. The molecule has 4 aromatic rings. The molecule has 2 heterocycles. The van der Waals surface area contributed by atoms with Crippen LogP contribution in [0.15, 0.2) is 94.4 Å². The summed E-state index contributed by atoms with van der Waals surface area (Å²) in [4.78, 5) is 34.5. The van der Waals surface area contributed by atoms with Crippen LogP contribution in [-0.2, 0) is 15.3 Å². The van der Waals surface area contributed by atoms with E-state index in [1.165, 1.54) is 17.8 Å². The highest BCUT2D eigenvalue weighted by molar-refractivity contribution is 7.98. The minimum Gasteiger partial charge on any atom is -0.463 e. The quantitative estimate of drug-likeness (QED) is 0.158. The molecule has 192 valence electrons. The fraction of sp³-hybridized carbons (Fsp3) is 0.138. The van der Waals surface area contributed by atoms with Crippen molar-refractivity contribution in [2.75, 3.05) is 11.9 Å². The number of thioether (sulfide) groups is 1. The Kier molecular flexibility index (Phi) is 7.62. The number of halogens is 2. The van der Waals surface area contributed by atoms with Gasteiger partial charge in [0.25, 0.3) is 5.56 Å². The number of rotatable bonds is 7. The Balaban J connectivity index is 1.66. The maximum atomic E-state index is 14.2. The molecule has 0 fully saturated rings. The minimum atomic E-state index is -0.764. The monoisotopic (exact) mass is 547 g/mol. The lowest BCUT2D eigenvalue weighted by Gasteiger charge is -2.30. The molecule has 0 saturated heterocycles. The maximum Gasteiger partial charge on any atom is 0.337 e. The lowest BCUT2D eigenvalue weighted by molar-refractivity contribution is -0.138. The van der Waals surface area contributed by atoms with Crippen LogP contribution >= 0.6 is 23.4 Å².